The number of amides is 3. The van der Waals surface area contributed by atoms with Crippen LogP contribution < -0.4 is 15.4 Å². The van der Waals surface area contributed by atoms with Crippen LogP contribution in [-0.4, -0.2) is 49.2 Å². The van der Waals surface area contributed by atoms with Gasteiger partial charge in [0.2, 0.25) is 11.8 Å². The van der Waals surface area contributed by atoms with E-state index in [4.69, 9.17) is 4.74 Å². The van der Waals surface area contributed by atoms with Gasteiger partial charge >= 0.3 is 0 Å². The van der Waals surface area contributed by atoms with Crippen LogP contribution in [0.2, 0.25) is 0 Å². The van der Waals surface area contributed by atoms with E-state index in [0.717, 1.165) is 23.1 Å². The van der Waals surface area contributed by atoms with Crippen LogP contribution in [0.1, 0.15) is 12.5 Å². The van der Waals surface area contributed by atoms with E-state index in [1.54, 1.807) is 70.6 Å². The van der Waals surface area contributed by atoms with Crippen molar-refractivity contribution in [1.82, 2.24) is 10.2 Å². The first-order chi connectivity index (χ1) is 14.3. The minimum Gasteiger partial charge on any atom is -0.497 e. The average molecular weight is 428 g/mol. The summed E-state index contributed by atoms with van der Waals surface area (Å²) in [7, 11) is 4.91. The van der Waals surface area contributed by atoms with Crippen molar-refractivity contribution in [3.8, 4) is 5.75 Å². The number of hydrogen-bond acceptors (Lipinski definition) is 5. The second kappa shape index (κ2) is 11.1. The molecule has 3 amide bonds. The molecule has 0 saturated heterocycles. The summed E-state index contributed by atoms with van der Waals surface area (Å²) in [5.41, 5.74) is 1.34. The highest BCUT2D eigenvalue weighted by Gasteiger charge is 2.17. The summed E-state index contributed by atoms with van der Waals surface area (Å²) in [6, 6.07) is 13.5. The molecular weight excluding hydrogens is 402 g/mol. The monoisotopic (exact) mass is 427 g/mol. The highest BCUT2D eigenvalue weighted by Crippen LogP contribution is 2.28. The molecule has 0 spiro atoms. The SMILES string of the molecule is COc1ccc(/C=C/C(=O)NC(C)C(=O)Nc2ccccc2SC(=O)N(C)C)cc1. The van der Waals surface area contributed by atoms with Crippen LogP contribution in [0.5, 0.6) is 5.75 Å². The van der Waals surface area contributed by atoms with Gasteiger partial charge in [0.1, 0.15) is 11.8 Å². The number of carbonyl (C=O) groups excluding carboxylic acids is 3. The maximum Gasteiger partial charge on any atom is 0.286 e. The van der Waals surface area contributed by atoms with Crippen molar-refractivity contribution in [2.24, 2.45) is 0 Å². The minimum atomic E-state index is -0.763. The highest BCUT2D eigenvalue weighted by molar-refractivity contribution is 8.13. The van der Waals surface area contributed by atoms with E-state index < -0.39 is 6.04 Å². The minimum absolute atomic E-state index is 0.151. The second-order valence-corrected chi connectivity index (χ2v) is 7.58. The van der Waals surface area contributed by atoms with Crippen molar-refractivity contribution in [2.45, 2.75) is 17.9 Å². The highest BCUT2D eigenvalue weighted by atomic mass is 32.2. The molecule has 8 heteroatoms. The van der Waals surface area contributed by atoms with E-state index in [-0.39, 0.29) is 17.1 Å². The van der Waals surface area contributed by atoms with Gasteiger partial charge < -0.3 is 20.3 Å². The Labute approximate surface area is 180 Å². The Hall–Kier alpha value is -3.26. The van der Waals surface area contributed by atoms with Crippen molar-refractivity contribution < 1.29 is 19.1 Å². The lowest BCUT2D eigenvalue weighted by molar-refractivity contribution is -0.123. The third-order valence-electron chi connectivity index (χ3n) is 4.00. The Morgan fingerprint density at radius 2 is 1.73 bits per heavy atom. The number of carbonyl (C=O) groups is 3. The fourth-order valence-corrected chi connectivity index (χ4v) is 3.05. The Balaban J connectivity index is 1.95. The van der Waals surface area contributed by atoms with E-state index in [2.05, 4.69) is 10.6 Å². The van der Waals surface area contributed by atoms with Gasteiger partial charge in [-0.1, -0.05) is 24.3 Å². The predicted octanol–water partition coefficient (Wildman–Crippen LogP) is 3.63. The summed E-state index contributed by atoms with van der Waals surface area (Å²) in [6.07, 6.45) is 3.02. The van der Waals surface area contributed by atoms with Gasteiger partial charge in [0.25, 0.3) is 5.24 Å². The Morgan fingerprint density at radius 1 is 1.07 bits per heavy atom. The maximum atomic E-state index is 12.5. The lowest BCUT2D eigenvalue weighted by Gasteiger charge is -2.16. The molecule has 0 aromatic heterocycles. The Morgan fingerprint density at radius 3 is 2.37 bits per heavy atom. The second-order valence-electron chi connectivity index (χ2n) is 6.58. The van der Waals surface area contributed by atoms with Gasteiger partial charge in [-0.25, -0.2) is 0 Å². The van der Waals surface area contributed by atoms with Gasteiger partial charge in [-0.3, -0.25) is 14.4 Å². The van der Waals surface area contributed by atoms with Crippen molar-refractivity contribution in [3.63, 3.8) is 0 Å². The fraction of sp³-hybridized carbons (Fsp3) is 0.227. The van der Waals surface area contributed by atoms with Crippen LogP contribution in [0.25, 0.3) is 6.08 Å². The molecule has 0 bridgehead atoms. The number of benzene rings is 2. The third kappa shape index (κ3) is 6.97. The number of anilines is 1. The lowest BCUT2D eigenvalue weighted by Crippen LogP contribution is -2.40. The molecule has 2 aromatic carbocycles. The first-order valence-electron chi connectivity index (χ1n) is 9.22. The summed E-state index contributed by atoms with van der Waals surface area (Å²) in [5.74, 6) is -0.0434. The van der Waals surface area contributed by atoms with Gasteiger partial charge in [-0.05, 0) is 54.6 Å². The number of thioether (sulfide) groups is 1. The van der Waals surface area contributed by atoms with Crippen molar-refractivity contribution in [2.75, 3.05) is 26.5 Å². The summed E-state index contributed by atoms with van der Waals surface area (Å²) in [4.78, 5) is 38.7. The number of nitrogens with zero attached hydrogens (tertiary/aromatic N) is 1. The molecule has 2 aromatic rings. The molecule has 0 fully saturated rings. The molecule has 0 aliphatic rings. The molecule has 7 nitrogen and oxygen atoms in total. The summed E-state index contributed by atoms with van der Waals surface area (Å²) < 4.78 is 5.09. The smallest absolute Gasteiger partial charge is 0.286 e. The largest absolute Gasteiger partial charge is 0.497 e. The number of methoxy groups -OCH3 is 1. The quantitative estimate of drug-likeness (QED) is 0.520. The Kier molecular flexibility index (Phi) is 8.49. The van der Waals surface area contributed by atoms with Crippen LogP contribution >= 0.6 is 11.8 Å². The summed E-state index contributed by atoms with van der Waals surface area (Å²) in [5, 5.41) is 5.24. The van der Waals surface area contributed by atoms with E-state index in [9.17, 15) is 14.4 Å². The molecule has 30 heavy (non-hydrogen) atoms. The standard InChI is InChI=1S/C22H25N3O4S/c1-15(23-20(26)14-11-16-9-12-17(29-4)13-10-16)21(27)24-18-7-5-6-8-19(18)30-22(28)25(2)3/h5-15H,1-4H3,(H,23,26)(H,24,27)/b14-11+. The number of para-hydroxylation sites is 1. The maximum absolute atomic E-state index is 12.5. The predicted molar refractivity (Wildman–Crippen MR) is 120 cm³/mol. The van der Waals surface area contributed by atoms with Crippen LogP contribution in [-0.2, 0) is 9.59 Å². The molecule has 1 unspecified atom stereocenters. The molecule has 158 valence electrons. The van der Waals surface area contributed by atoms with Gasteiger partial charge in [-0.2, -0.15) is 0 Å². The zero-order valence-corrected chi connectivity index (χ0v) is 18.2. The van der Waals surface area contributed by atoms with E-state index in [0.29, 0.717) is 10.6 Å². The van der Waals surface area contributed by atoms with Gasteiger partial charge in [0, 0.05) is 25.1 Å². The van der Waals surface area contributed by atoms with Crippen molar-refractivity contribution in [1.29, 1.82) is 0 Å². The molecule has 1 atom stereocenters. The topological polar surface area (TPSA) is 87.7 Å². The zero-order valence-electron chi connectivity index (χ0n) is 17.3. The first kappa shape index (κ1) is 23.0. The van der Waals surface area contributed by atoms with Crippen molar-refractivity contribution in [3.05, 3.63) is 60.2 Å². The average Bonchev–Trinajstić information content (AvgIpc) is 2.73. The Bertz CT molecular complexity index is 926. The summed E-state index contributed by atoms with van der Waals surface area (Å²) >= 11 is 1.02. The van der Waals surface area contributed by atoms with Crippen LogP contribution in [0, 0.1) is 0 Å². The molecule has 0 heterocycles. The van der Waals surface area contributed by atoms with E-state index in [1.165, 1.54) is 11.0 Å². The van der Waals surface area contributed by atoms with Gasteiger partial charge in [0.05, 0.1) is 12.8 Å². The number of rotatable bonds is 7. The van der Waals surface area contributed by atoms with E-state index >= 15 is 0 Å². The molecule has 0 aliphatic heterocycles. The fourth-order valence-electron chi connectivity index (χ4n) is 2.30. The molecule has 0 radical (unpaired) electrons. The first-order valence-corrected chi connectivity index (χ1v) is 10.0. The number of ether oxygens (including phenoxy) is 1. The van der Waals surface area contributed by atoms with Crippen LogP contribution in [0.3, 0.4) is 0 Å². The van der Waals surface area contributed by atoms with E-state index in [1.807, 2.05) is 12.1 Å². The zero-order chi connectivity index (χ0) is 22.1. The lowest BCUT2D eigenvalue weighted by atomic mass is 10.2. The van der Waals surface area contributed by atoms with Gasteiger partial charge in [-0.15, -0.1) is 0 Å². The third-order valence-corrected chi connectivity index (χ3v) is 5.12. The summed E-state index contributed by atoms with van der Waals surface area (Å²) in [6.45, 7) is 1.59. The van der Waals surface area contributed by atoms with Gasteiger partial charge in [0.15, 0.2) is 0 Å². The molecule has 0 aliphatic carbocycles. The van der Waals surface area contributed by atoms with Crippen LogP contribution in [0.4, 0.5) is 10.5 Å². The molecule has 2 rings (SSSR count). The normalized spacial score (nSPS) is 11.6. The molecule has 0 saturated carbocycles. The molecule has 2 N–H and O–H groups in total. The number of hydrogen-bond donors (Lipinski definition) is 2. The number of nitrogens with one attached hydrogen (secondary N) is 2. The van der Waals surface area contributed by atoms with Crippen LogP contribution in [0.15, 0.2) is 59.5 Å². The van der Waals surface area contributed by atoms with Crippen molar-refractivity contribution >= 4 is 40.6 Å². The molecular formula is C22H25N3O4S.